The van der Waals surface area contributed by atoms with Gasteiger partial charge in [-0.3, -0.25) is 4.79 Å². The molecule has 0 spiro atoms. The maximum absolute atomic E-state index is 11.1. The SMILES string of the molecule is Cc1c(N)cccc1CNc1ccc(C(N)=O)cc1Br. The quantitative estimate of drug-likeness (QED) is 0.752. The van der Waals surface area contributed by atoms with E-state index in [1.165, 1.54) is 0 Å². The van der Waals surface area contributed by atoms with Gasteiger partial charge in [-0.2, -0.15) is 0 Å². The molecule has 0 saturated carbocycles. The summed E-state index contributed by atoms with van der Waals surface area (Å²) in [5, 5.41) is 3.31. The van der Waals surface area contributed by atoms with E-state index in [2.05, 4.69) is 21.2 Å². The number of primary amides is 1. The van der Waals surface area contributed by atoms with Gasteiger partial charge in [0.2, 0.25) is 5.91 Å². The lowest BCUT2D eigenvalue weighted by Crippen LogP contribution is -2.11. The van der Waals surface area contributed by atoms with E-state index in [0.717, 1.165) is 27.0 Å². The van der Waals surface area contributed by atoms with Crippen LogP contribution in [0, 0.1) is 6.92 Å². The minimum atomic E-state index is -0.441. The van der Waals surface area contributed by atoms with Crippen molar-refractivity contribution in [1.82, 2.24) is 0 Å². The van der Waals surface area contributed by atoms with Crippen molar-refractivity contribution in [2.75, 3.05) is 11.1 Å². The van der Waals surface area contributed by atoms with E-state index >= 15 is 0 Å². The summed E-state index contributed by atoms with van der Waals surface area (Å²) in [7, 11) is 0. The highest BCUT2D eigenvalue weighted by molar-refractivity contribution is 9.10. The summed E-state index contributed by atoms with van der Waals surface area (Å²) in [6, 6.07) is 11.1. The molecule has 104 valence electrons. The first-order valence-corrected chi connectivity index (χ1v) is 6.95. The summed E-state index contributed by atoms with van der Waals surface area (Å²) in [5.74, 6) is -0.441. The molecule has 2 rings (SSSR count). The van der Waals surface area contributed by atoms with Gasteiger partial charge < -0.3 is 16.8 Å². The van der Waals surface area contributed by atoms with Crippen LogP contribution >= 0.6 is 15.9 Å². The van der Waals surface area contributed by atoms with Gasteiger partial charge in [-0.15, -0.1) is 0 Å². The predicted octanol–water partition coefficient (Wildman–Crippen LogP) is 3.05. The molecular weight excluding hydrogens is 318 g/mol. The Morgan fingerprint density at radius 3 is 2.70 bits per heavy atom. The first-order chi connectivity index (χ1) is 9.49. The Hall–Kier alpha value is -2.01. The first-order valence-electron chi connectivity index (χ1n) is 6.16. The molecule has 5 N–H and O–H groups in total. The number of anilines is 2. The van der Waals surface area contributed by atoms with Crippen LogP contribution in [0.3, 0.4) is 0 Å². The molecular formula is C15H16BrN3O. The van der Waals surface area contributed by atoms with E-state index in [1.807, 2.05) is 31.2 Å². The normalized spacial score (nSPS) is 10.3. The van der Waals surface area contributed by atoms with Crippen LogP contribution in [0.1, 0.15) is 21.5 Å². The van der Waals surface area contributed by atoms with E-state index in [1.54, 1.807) is 12.1 Å². The van der Waals surface area contributed by atoms with Gasteiger partial charge in [-0.1, -0.05) is 12.1 Å². The predicted molar refractivity (Wildman–Crippen MR) is 85.6 cm³/mol. The number of nitrogens with one attached hydrogen (secondary N) is 1. The van der Waals surface area contributed by atoms with Crippen LogP contribution in [0.2, 0.25) is 0 Å². The molecule has 0 saturated heterocycles. The van der Waals surface area contributed by atoms with Crippen molar-refractivity contribution in [2.45, 2.75) is 13.5 Å². The standard InChI is InChI=1S/C15H16BrN3O/c1-9-11(3-2-4-13(9)17)8-19-14-6-5-10(15(18)20)7-12(14)16/h2-7,19H,8,17H2,1H3,(H2,18,20). The zero-order valence-corrected chi connectivity index (χ0v) is 12.7. The van der Waals surface area contributed by atoms with E-state index in [-0.39, 0.29) is 0 Å². The number of rotatable bonds is 4. The van der Waals surface area contributed by atoms with Gasteiger partial charge in [0.25, 0.3) is 0 Å². The van der Waals surface area contributed by atoms with Crippen molar-refractivity contribution in [1.29, 1.82) is 0 Å². The van der Waals surface area contributed by atoms with E-state index in [0.29, 0.717) is 12.1 Å². The highest BCUT2D eigenvalue weighted by Crippen LogP contribution is 2.25. The van der Waals surface area contributed by atoms with Gasteiger partial charge >= 0.3 is 0 Å². The van der Waals surface area contributed by atoms with E-state index in [9.17, 15) is 4.79 Å². The van der Waals surface area contributed by atoms with Crippen LogP contribution in [0.15, 0.2) is 40.9 Å². The van der Waals surface area contributed by atoms with Gasteiger partial charge in [-0.05, 0) is 58.2 Å². The number of hydrogen-bond donors (Lipinski definition) is 3. The third-order valence-electron chi connectivity index (χ3n) is 3.21. The monoisotopic (exact) mass is 333 g/mol. The van der Waals surface area contributed by atoms with Gasteiger partial charge in [0.05, 0.1) is 0 Å². The van der Waals surface area contributed by atoms with Crippen molar-refractivity contribution in [3.8, 4) is 0 Å². The van der Waals surface area contributed by atoms with Crippen LogP contribution in [0.4, 0.5) is 11.4 Å². The third-order valence-corrected chi connectivity index (χ3v) is 3.87. The van der Waals surface area contributed by atoms with Crippen molar-refractivity contribution in [2.24, 2.45) is 5.73 Å². The fourth-order valence-corrected chi connectivity index (χ4v) is 2.42. The zero-order chi connectivity index (χ0) is 14.7. The highest BCUT2D eigenvalue weighted by Gasteiger charge is 2.06. The number of benzene rings is 2. The van der Waals surface area contributed by atoms with Crippen LogP contribution < -0.4 is 16.8 Å². The molecule has 2 aromatic carbocycles. The molecule has 0 heterocycles. The summed E-state index contributed by atoms with van der Waals surface area (Å²) in [6.45, 7) is 2.66. The van der Waals surface area contributed by atoms with Crippen LogP contribution in [-0.4, -0.2) is 5.91 Å². The minimum absolute atomic E-state index is 0.441. The molecule has 4 nitrogen and oxygen atoms in total. The molecule has 0 unspecified atom stereocenters. The Morgan fingerprint density at radius 2 is 2.05 bits per heavy atom. The molecule has 0 aromatic heterocycles. The fraction of sp³-hybridized carbons (Fsp3) is 0.133. The summed E-state index contributed by atoms with van der Waals surface area (Å²) < 4.78 is 0.801. The number of nitrogens with two attached hydrogens (primary N) is 2. The second-order valence-corrected chi connectivity index (χ2v) is 5.40. The van der Waals surface area contributed by atoms with E-state index < -0.39 is 5.91 Å². The number of amides is 1. The lowest BCUT2D eigenvalue weighted by atomic mass is 10.1. The molecule has 5 heteroatoms. The van der Waals surface area contributed by atoms with Crippen LogP contribution in [0.5, 0.6) is 0 Å². The smallest absolute Gasteiger partial charge is 0.248 e. The zero-order valence-electron chi connectivity index (χ0n) is 11.1. The molecule has 0 atom stereocenters. The molecule has 20 heavy (non-hydrogen) atoms. The molecule has 0 aliphatic heterocycles. The molecule has 0 radical (unpaired) electrons. The summed E-state index contributed by atoms with van der Waals surface area (Å²) in [5.41, 5.74) is 15.5. The number of carbonyl (C=O) groups is 1. The summed E-state index contributed by atoms with van der Waals surface area (Å²) >= 11 is 3.43. The van der Waals surface area contributed by atoms with Crippen LogP contribution in [0.25, 0.3) is 0 Å². The van der Waals surface area contributed by atoms with Crippen LogP contribution in [-0.2, 0) is 6.54 Å². The lowest BCUT2D eigenvalue weighted by Gasteiger charge is -2.12. The fourth-order valence-electron chi connectivity index (χ4n) is 1.90. The molecule has 1 amide bonds. The Labute approximate surface area is 126 Å². The Kier molecular flexibility index (Phi) is 4.29. The largest absolute Gasteiger partial charge is 0.399 e. The van der Waals surface area contributed by atoms with Crippen molar-refractivity contribution >= 4 is 33.2 Å². The second kappa shape index (κ2) is 5.96. The van der Waals surface area contributed by atoms with Crippen molar-refractivity contribution in [3.63, 3.8) is 0 Å². The summed E-state index contributed by atoms with van der Waals surface area (Å²) in [4.78, 5) is 11.1. The highest BCUT2D eigenvalue weighted by atomic mass is 79.9. The molecule has 0 aliphatic carbocycles. The number of hydrogen-bond acceptors (Lipinski definition) is 3. The number of nitrogen functional groups attached to an aromatic ring is 1. The first kappa shape index (κ1) is 14.4. The summed E-state index contributed by atoms with van der Waals surface area (Å²) in [6.07, 6.45) is 0. The maximum atomic E-state index is 11.1. The Bertz CT molecular complexity index is 656. The van der Waals surface area contributed by atoms with Crippen molar-refractivity contribution < 1.29 is 4.79 Å². The molecule has 2 aromatic rings. The minimum Gasteiger partial charge on any atom is -0.399 e. The number of halogens is 1. The number of carbonyl (C=O) groups excluding carboxylic acids is 1. The van der Waals surface area contributed by atoms with Gasteiger partial charge in [-0.25, -0.2) is 0 Å². The van der Waals surface area contributed by atoms with Gasteiger partial charge in [0, 0.05) is 28.0 Å². The average molecular weight is 334 g/mol. The van der Waals surface area contributed by atoms with Gasteiger partial charge in [0.1, 0.15) is 0 Å². The average Bonchev–Trinajstić information content (AvgIpc) is 2.41. The lowest BCUT2D eigenvalue weighted by molar-refractivity contribution is 0.100. The van der Waals surface area contributed by atoms with Crippen molar-refractivity contribution in [3.05, 3.63) is 57.6 Å². The molecule has 0 bridgehead atoms. The maximum Gasteiger partial charge on any atom is 0.248 e. The molecule has 0 aliphatic rings. The second-order valence-electron chi connectivity index (χ2n) is 4.54. The molecule has 0 fully saturated rings. The Balaban J connectivity index is 2.15. The Morgan fingerprint density at radius 1 is 1.30 bits per heavy atom. The van der Waals surface area contributed by atoms with E-state index in [4.69, 9.17) is 11.5 Å². The third kappa shape index (κ3) is 3.11. The van der Waals surface area contributed by atoms with Gasteiger partial charge in [0.15, 0.2) is 0 Å². The topological polar surface area (TPSA) is 81.1 Å².